The number of nitrogens with zero attached hydrogens (tertiary/aromatic N) is 1. The lowest BCUT2D eigenvalue weighted by atomic mass is 10.2. The third-order valence-electron chi connectivity index (χ3n) is 4.86. The summed E-state index contributed by atoms with van der Waals surface area (Å²) in [6, 6.07) is 14.1. The Morgan fingerprint density at radius 1 is 1.09 bits per heavy atom. The molecule has 1 aliphatic heterocycles. The molecule has 0 unspecified atom stereocenters. The summed E-state index contributed by atoms with van der Waals surface area (Å²) < 4.78 is 27.6. The summed E-state index contributed by atoms with van der Waals surface area (Å²) in [4.78, 5) is 24.0. The summed E-state index contributed by atoms with van der Waals surface area (Å²) in [6.07, 6.45) is 1.49. The molecule has 0 fully saturated rings. The van der Waals surface area contributed by atoms with Gasteiger partial charge in [-0.2, -0.15) is 0 Å². The van der Waals surface area contributed by atoms with E-state index in [0.29, 0.717) is 30.7 Å². The van der Waals surface area contributed by atoms with E-state index in [9.17, 15) is 23.3 Å². The van der Waals surface area contributed by atoms with Gasteiger partial charge in [0.2, 0.25) is 0 Å². The summed E-state index contributed by atoms with van der Waals surface area (Å²) in [7, 11) is -3.70. The minimum Gasteiger partial charge on any atom is -0.320 e. The molecule has 12 heteroatoms. The van der Waals surface area contributed by atoms with E-state index in [4.69, 9.17) is 11.6 Å². The van der Waals surface area contributed by atoms with Crippen molar-refractivity contribution in [2.45, 2.75) is 15.5 Å². The van der Waals surface area contributed by atoms with Crippen molar-refractivity contribution in [3.05, 3.63) is 94.7 Å². The van der Waals surface area contributed by atoms with Gasteiger partial charge in [-0.15, -0.1) is 0 Å². The Bertz CT molecular complexity index is 1470. The fourth-order valence-electron chi connectivity index (χ4n) is 3.18. The summed E-state index contributed by atoms with van der Waals surface area (Å²) in [5.41, 5.74) is 1.23. The van der Waals surface area contributed by atoms with Crippen LogP contribution in [0.15, 0.2) is 78.2 Å². The van der Waals surface area contributed by atoms with Gasteiger partial charge < -0.3 is 5.32 Å². The van der Waals surface area contributed by atoms with E-state index in [1.165, 1.54) is 30.3 Å². The standard InChI is InChI=1S/C22H13Br2ClN2O5S2/c23-15-2-1-3-16(24)14(15)11-34(31,32)13-5-7-18-20(10-13)33-21(22(28)26-18)9-12-4-6-17(25)19(8-12)27(29)30/h1-10H,11H2,(H,26,28)/b21-9-. The van der Waals surface area contributed by atoms with E-state index in [1.54, 1.807) is 30.3 Å². The fourth-order valence-corrected chi connectivity index (χ4v) is 7.51. The van der Waals surface area contributed by atoms with Gasteiger partial charge >= 0.3 is 0 Å². The van der Waals surface area contributed by atoms with Crippen LogP contribution in [0.3, 0.4) is 0 Å². The first-order chi connectivity index (χ1) is 16.0. The lowest BCUT2D eigenvalue weighted by Gasteiger charge is -2.19. The number of nitro benzene ring substituents is 1. The van der Waals surface area contributed by atoms with E-state index in [1.807, 2.05) is 0 Å². The second-order valence-electron chi connectivity index (χ2n) is 7.15. The summed E-state index contributed by atoms with van der Waals surface area (Å²) in [5.74, 6) is -0.620. The summed E-state index contributed by atoms with van der Waals surface area (Å²) in [5, 5.41) is 13.9. The monoisotopic (exact) mass is 642 g/mol. The van der Waals surface area contributed by atoms with Gasteiger partial charge in [0.05, 0.1) is 26.2 Å². The molecular formula is C22H13Br2ClN2O5S2. The summed E-state index contributed by atoms with van der Waals surface area (Å²) >= 11 is 13.7. The molecule has 174 valence electrons. The number of fused-ring (bicyclic) bond motifs is 1. The number of carbonyl (C=O) groups excluding carboxylic acids is 1. The van der Waals surface area contributed by atoms with Gasteiger partial charge in [-0.1, -0.05) is 67.4 Å². The Kier molecular flexibility index (Phi) is 7.20. The van der Waals surface area contributed by atoms with E-state index in [-0.39, 0.29) is 26.3 Å². The zero-order valence-electron chi connectivity index (χ0n) is 16.9. The Morgan fingerprint density at radius 3 is 2.47 bits per heavy atom. The number of carbonyl (C=O) groups is 1. The van der Waals surface area contributed by atoms with Gasteiger partial charge in [0, 0.05) is 19.9 Å². The Balaban J connectivity index is 1.67. The quantitative estimate of drug-likeness (QED) is 0.185. The number of benzene rings is 3. The molecule has 3 aromatic rings. The zero-order valence-corrected chi connectivity index (χ0v) is 22.5. The highest BCUT2D eigenvalue weighted by molar-refractivity contribution is 9.11. The lowest BCUT2D eigenvalue weighted by Crippen LogP contribution is -2.17. The molecular weight excluding hydrogens is 632 g/mol. The van der Waals surface area contributed by atoms with Crippen LogP contribution in [-0.2, 0) is 20.4 Å². The largest absolute Gasteiger partial charge is 0.320 e. The number of halogens is 3. The molecule has 0 atom stereocenters. The number of anilines is 1. The molecule has 0 saturated heterocycles. The van der Waals surface area contributed by atoms with Gasteiger partial charge in [-0.3, -0.25) is 14.9 Å². The topological polar surface area (TPSA) is 106 Å². The normalized spacial score (nSPS) is 14.6. The highest BCUT2D eigenvalue weighted by Crippen LogP contribution is 2.41. The molecule has 1 amide bonds. The molecule has 0 aromatic heterocycles. The van der Waals surface area contributed by atoms with Crippen molar-refractivity contribution in [3.8, 4) is 0 Å². The third kappa shape index (κ3) is 5.23. The fraction of sp³-hybridized carbons (Fsp3) is 0.0455. The summed E-state index contributed by atoms with van der Waals surface area (Å²) in [6.45, 7) is 0. The van der Waals surface area contributed by atoms with Crippen molar-refractivity contribution in [2.75, 3.05) is 5.32 Å². The number of hydrogen-bond donors (Lipinski definition) is 1. The number of amides is 1. The van der Waals surface area contributed by atoms with E-state index in [0.717, 1.165) is 11.8 Å². The molecule has 3 aromatic carbocycles. The second-order valence-corrected chi connectivity index (χ2v) is 12.3. The predicted octanol–water partition coefficient (Wildman–Crippen LogP) is 6.83. The van der Waals surface area contributed by atoms with Crippen molar-refractivity contribution in [1.29, 1.82) is 0 Å². The van der Waals surface area contributed by atoms with Crippen LogP contribution in [0.5, 0.6) is 0 Å². The molecule has 0 bridgehead atoms. The van der Waals surface area contributed by atoms with Crippen LogP contribution in [-0.4, -0.2) is 19.2 Å². The van der Waals surface area contributed by atoms with Crippen LogP contribution in [0, 0.1) is 10.1 Å². The van der Waals surface area contributed by atoms with Gasteiger partial charge in [0.15, 0.2) is 9.84 Å². The van der Waals surface area contributed by atoms with Crippen molar-refractivity contribution in [2.24, 2.45) is 0 Å². The third-order valence-corrected chi connectivity index (χ3v) is 9.39. The number of hydrogen-bond acceptors (Lipinski definition) is 6. The average Bonchev–Trinajstić information content (AvgIpc) is 2.77. The SMILES string of the molecule is O=C1Nc2ccc(S(=O)(=O)Cc3c(Br)cccc3Br)cc2S/C1=C\c1ccc(Cl)c([N+](=O)[O-])c1. The van der Waals surface area contributed by atoms with Gasteiger partial charge in [0.25, 0.3) is 11.6 Å². The van der Waals surface area contributed by atoms with Gasteiger partial charge in [-0.25, -0.2) is 8.42 Å². The van der Waals surface area contributed by atoms with Crippen molar-refractivity contribution < 1.29 is 18.1 Å². The molecule has 1 heterocycles. The highest BCUT2D eigenvalue weighted by Gasteiger charge is 2.25. The molecule has 1 N–H and O–H groups in total. The molecule has 4 rings (SSSR count). The maximum atomic E-state index is 13.1. The number of thioether (sulfide) groups is 1. The zero-order chi connectivity index (χ0) is 24.6. The Morgan fingerprint density at radius 2 is 1.79 bits per heavy atom. The van der Waals surface area contributed by atoms with Crippen molar-refractivity contribution in [3.63, 3.8) is 0 Å². The molecule has 0 radical (unpaired) electrons. The van der Waals surface area contributed by atoms with E-state index < -0.39 is 20.7 Å². The van der Waals surface area contributed by atoms with E-state index in [2.05, 4.69) is 37.2 Å². The first kappa shape index (κ1) is 24.9. The molecule has 1 aliphatic rings. The number of nitro groups is 1. The number of sulfone groups is 1. The van der Waals surface area contributed by atoms with E-state index >= 15 is 0 Å². The average molecular weight is 645 g/mol. The number of nitrogens with one attached hydrogen (secondary N) is 1. The minimum absolute atomic E-state index is 0.00946. The maximum Gasteiger partial charge on any atom is 0.288 e. The highest BCUT2D eigenvalue weighted by atomic mass is 79.9. The Labute approximate surface area is 220 Å². The van der Waals surface area contributed by atoms with Crippen LogP contribution in [0.1, 0.15) is 11.1 Å². The minimum atomic E-state index is -3.70. The maximum absolute atomic E-state index is 13.1. The first-order valence-corrected chi connectivity index (χ1v) is 13.9. The Hall–Kier alpha value is -2.18. The van der Waals surface area contributed by atoms with Gasteiger partial charge in [-0.05, 0) is 53.6 Å². The molecule has 0 spiro atoms. The van der Waals surface area contributed by atoms with Crippen molar-refractivity contribution in [1.82, 2.24) is 0 Å². The van der Waals surface area contributed by atoms with Crippen LogP contribution >= 0.6 is 55.2 Å². The molecule has 34 heavy (non-hydrogen) atoms. The molecule has 0 saturated carbocycles. The first-order valence-electron chi connectivity index (χ1n) is 9.50. The van der Waals surface area contributed by atoms with Crippen LogP contribution in [0.25, 0.3) is 6.08 Å². The number of rotatable bonds is 5. The molecule has 7 nitrogen and oxygen atoms in total. The van der Waals surface area contributed by atoms with Crippen LogP contribution in [0.4, 0.5) is 11.4 Å². The van der Waals surface area contributed by atoms with Gasteiger partial charge in [0.1, 0.15) is 5.02 Å². The smallest absolute Gasteiger partial charge is 0.288 e. The van der Waals surface area contributed by atoms with Crippen LogP contribution in [0.2, 0.25) is 5.02 Å². The molecule has 0 aliphatic carbocycles. The predicted molar refractivity (Wildman–Crippen MR) is 140 cm³/mol. The lowest BCUT2D eigenvalue weighted by molar-refractivity contribution is -0.384. The second kappa shape index (κ2) is 9.82. The van der Waals surface area contributed by atoms with Crippen molar-refractivity contribution >= 4 is 88.4 Å². The van der Waals surface area contributed by atoms with Crippen LogP contribution < -0.4 is 5.32 Å².